The normalized spacial score (nSPS) is 16.9. The smallest absolute Gasteiger partial charge is 0.306 e. The number of hydrogen-bond acceptors (Lipinski definition) is 4. The summed E-state index contributed by atoms with van der Waals surface area (Å²) in [6.07, 6.45) is 3.52. The number of nitrogens with zero attached hydrogens (tertiary/aromatic N) is 2. The number of fused-ring (bicyclic) bond motifs is 1. The highest BCUT2D eigenvalue weighted by Gasteiger charge is 2.26. The van der Waals surface area contributed by atoms with Crippen LogP contribution in [0.1, 0.15) is 17.8 Å². The molecule has 1 unspecified atom stereocenters. The molecule has 0 saturated heterocycles. The van der Waals surface area contributed by atoms with Gasteiger partial charge >= 0.3 is 5.69 Å². The largest absolute Gasteiger partial charge is 0.348 e. The maximum atomic E-state index is 13.3. The number of aromatic amines is 1. The van der Waals surface area contributed by atoms with Gasteiger partial charge in [-0.25, -0.2) is 4.98 Å². The first-order chi connectivity index (χ1) is 10.5. The van der Waals surface area contributed by atoms with Gasteiger partial charge in [0.15, 0.2) is 0 Å². The lowest BCUT2D eigenvalue weighted by Crippen LogP contribution is -2.28. The summed E-state index contributed by atoms with van der Waals surface area (Å²) in [6, 6.07) is 3.31. The Hall–Kier alpha value is -2.77. The number of amides is 1. The van der Waals surface area contributed by atoms with Crippen LogP contribution in [0, 0.1) is 21.8 Å². The zero-order valence-corrected chi connectivity index (χ0v) is 11.5. The first kappa shape index (κ1) is 14.2. The molecule has 0 saturated carbocycles. The van der Waals surface area contributed by atoms with Gasteiger partial charge in [-0.15, -0.1) is 0 Å². The zero-order valence-electron chi connectivity index (χ0n) is 11.5. The standard InChI is InChI=1S/C14H13FN4O3/c15-10-3-2-9(6-13(10)19(21)22)18-14(20)8-1-4-11-12(5-8)17-7-16-11/h2-3,6-8H,1,4-5H2,(H,16,17)(H,18,20). The van der Waals surface area contributed by atoms with Crippen LogP contribution in [0.4, 0.5) is 15.8 Å². The van der Waals surface area contributed by atoms with Gasteiger partial charge in [-0.1, -0.05) is 0 Å². The van der Waals surface area contributed by atoms with Crippen LogP contribution >= 0.6 is 0 Å². The van der Waals surface area contributed by atoms with Crippen LogP contribution in [0.5, 0.6) is 0 Å². The van der Waals surface area contributed by atoms with Crippen LogP contribution < -0.4 is 5.32 Å². The lowest BCUT2D eigenvalue weighted by Gasteiger charge is -2.20. The van der Waals surface area contributed by atoms with Crippen LogP contribution in [-0.2, 0) is 17.6 Å². The van der Waals surface area contributed by atoms with Gasteiger partial charge in [0.1, 0.15) is 0 Å². The number of aromatic nitrogens is 2. The Morgan fingerprint density at radius 1 is 1.50 bits per heavy atom. The second-order valence-corrected chi connectivity index (χ2v) is 5.18. The number of anilines is 1. The van der Waals surface area contributed by atoms with Crippen LogP contribution in [-0.4, -0.2) is 20.8 Å². The van der Waals surface area contributed by atoms with E-state index in [9.17, 15) is 19.3 Å². The minimum absolute atomic E-state index is 0.216. The molecule has 1 aliphatic rings. The molecule has 1 aliphatic carbocycles. The zero-order chi connectivity index (χ0) is 15.7. The Morgan fingerprint density at radius 2 is 2.32 bits per heavy atom. The lowest BCUT2D eigenvalue weighted by atomic mass is 9.89. The minimum Gasteiger partial charge on any atom is -0.348 e. The van der Waals surface area contributed by atoms with Crippen molar-refractivity contribution in [2.24, 2.45) is 5.92 Å². The molecule has 3 rings (SSSR count). The second-order valence-electron chi connectivity index (χ2n) is 5.18. The molecular weight excluding hydrogens is 291 g/mol. The van der Waals surface area contributed by atoms with Crippen molar-refractivity contribution in [3.63, 3.8) is 0 Å². The fraction of sp³-hybridized carbons (Fsp3) is 0.286. The van der Waals surface area contributed by atoms with Gasteiger partial charge in [0.05, 0.1) is 16.9 Å². The minimum atomic E-state index is -0.928. The van der Waals surface area contributed by atoms with E-state index in [1.807, 2.05) is 0 Å². The molecule has 0 radical (unpaired) electrons. The van der Waals surface area contributed by atoms with Gasteiger partial charge in [-0.2, -0.15) is 4.39 Å². The van der Waals surface area contributed by atoms with E-state index in [0.29, 0.717) is 19.3 Å². The van der Waals surface area contributed by atoms with Crippen molar-refractivity contribution in [3.8, 4) is 0 Å². The van der Waals surface area contributed by atoms with Crippen LogP contribution in [0.3, 0.4) is 0 Å². The van der Waals surface area contributed by atoms with E-state index in [-0.39, 0.29) is 17.5 Å². The summed E-state index contributed by atoms with van der Waals surface area (Å²) in [5.41, 5.74) is 1.48. The van der Waals surface area contributed by atoms with E-state index in [1.165, 1.54) is 6.07 Å². The number of aryl methyl sites for hydroxylation is 1. The van der Waals surface area contributed by atoms with Crippen LogP contribution in [0.2, 0.25) is 0 Å². The predicted molar refractivity (Wildman–Crippen MR) is 75.8 cm³/mol. The summed E-state index contributed by atoms with van der Waals surface area (Å²) < 4.78 is 13.3. The molecule has 1 aromatic carbocycles. The van der Waals surface area contributed by atoms with E-state index < -0.39 is 16.4 Å². The van der Waals surface area contributed by atoms with E-state index in [0.717, 1.165) is 23.5 Å². The Labute approximate surface area is 124 Å². The number of nitrogens with one attached hydrogen (secondary N) is 2. The van der Waals surface area contributed by atoms with E-state index in [1.54, 1.807) is 6.33 Å². The molecule has 114 valence electrons. The van der Waals surface area contributed by atoms with Gasteiger partial charge in [0.2, 0.25) is 11.7 Å². The van der Waals surface area contributed by atoms with Crippen molar-refractivity contribution in [2.75, 3.05) is 5.32 Å². The highest BCUT2D eigenvalue weighted by atomic mass is 19.1. The van der Waals surface area contributed by atoms with Gasteiger partial charge in [-0.3, -0.25) is 14.9 Å². The third-order valence-corrected chi connectivity index (χ3v) is 3.77. The predicted octanol–water partition coefficient (Wildman–Crippen LogP) is 2.20. The van der Waals surface area contributed by atoms with Gasteiger partial charge in [-0.05, 0) is 25.0 Å². The molecule has 2 N–H and O–H groups in total. The number of H-pyrrole nitrogens is 1. The van der Waals surface area contributed by atoms with Crippen LogP contribution in [0.25, 0.3) is 0 Å². The number of halogens is 1. The van der Waals surface area contributed by atoms with Gasteiger partial charge < -0.3 is 10.3 Å². The fourth-order valence-corrected chi connectivity index (χ4v) is 2.60. The Bertz CT molecular complexity index is 743. The molecule has 1 atom stereocenters. The maximum absolute atomic E-state index is 13.3. The molecule has 1 heterocycles. The summed E-state index contributed by atoms with van der Waals surface area (Å²) in [7, 11) is 0. The molecule has 2 aromatic rings. The number of benzene rings is 1. The molecule has 22 heavy (non-hydrogen) atoms. The number of nitro groups is 1. The third-order valence-electron chi connectivity index (χ3n) is 3.77. The highest BCUT2D eigenvalue weighted by Crippen LogP contribution is 2.26. The molecule has 0 aliphatic heterocycles. The molecular formula is C14H13FN4O3. The van der Waals surface area contributed by atoms with Crippen molar-refractivity contribution in [3.05, 3.63) is 51.8 Å². The summed E-state index contributed by atoms with van der Waals surface area (Å²) in [6.45, 7) is 0. The number of hydrogen-bond donors (Lipinski definition) is 2. The quantitative estimate of drug-likeness (QED) is 0.670. The summed E-state index contributed by atoms with van der Waals surface area (Å²) in [5, 5.41) is 13.3. The van der Waals surface area contributed by atoms with Gasteiger partial charge in [0, 0.05) is 29.8 Å². The van der Waals surface area contributed by atoms with Crippen molar-refractivity contribution in [1.82, 2.24) is 9.97 Å². The first-order valence-corrected chi connectivity index (χ1v) is 6.80. The third kappa shape index (κ3) is 2.67. The molecule has 0 bridgehead atoms. The van der Waals surface area contributed by atoms with E-state index in [2.05, 4.69) is 15.3 Å². The molecule has 0 spiro atoms. The van der Waals surface area contributed by atoms with E-state index in [4.69, 9.17) is 0 Å². The Kier molecular flexibility index (Phi) is 3.58. The highest BCUT2D eigenvalue weighted by molar-refractivity contribution is 5.93. The molecule has 7 nitrogen and oxygen atoms in total. The topological polar surface area (TPSA) is 101 Å². The number of imidazole rings is 1. The maximum Gasteiger partial charge on any atom is 0.306 e. The van der Waals surface area contributed by atoms with Crippen molar-refractivity contribution < 1.29 is 14.1 Å². The van der Waals surface area contributed by atoms with Crippen molar-refractivity contribution in [1.29, 1.82) is 0 Å². The Balaban J connectivity index is 1.72. The average Bonchev–Trinajstić information content (AvgIpc) is 2.96. The van der Waals surface area contributed by atoms with Crippen LogP contribution in [0.15, 0.2) is 24.5 Å². The van der Waals surface area contributed by atoms with Crippen molar-refractivity contribution >= 4 is 17.3 Å². The van der Waals surface area contributed by atoms with Gasteiger partial charge in [0.25, 0.3) is 0 Å². The van der Waals surface area contributed by atoms with E-state index >= 15 is 0 Å². The summed E-state index contributed by atoms with van der Waals surface area (Å²) in [5.74, 6) is -1.40. The second kappa shape index (κ2) is 5.55. The van der Waals surface area contributed by atoms with Crippen molar-refractivity contribution in [2.45, 2.75) is 19.3 Å². The Morgan fingerprint density at radius 3 is 3.09 bits per heavy atom. The fourth-order valence-electron chi connectivity index (χ4n) is 2.60. The average molecular weight is 304 g/mol. The number of rotatable bonds is 3. The SMILES string of the molecule is O=C(Nc1ccc(F)c([N+](=O)[O-])c1)C1CCc2nc[nH]c2C1. The lowest BCUT2D eigenvalue weighted by molar-refractivity contribution is -0.387. The molecule has 1 amide bonds. The number of carbonyl (C=O) groups is 1. The first-order valence-electron chi connectivity index (χ1n) is 6.80. The monoisotopic (exact) mass is 304 g/mol. The summed E-state index contributed by atoms with van der Waals surface area (Å²) >= 11 is 0. The number of carbonyl (C=O) groups excluding carboxylic acids is 1. The summed E-state index contributed by atoms with van der Waals surface area (Å²) in [4.78, 5) is 29.3. The molecule has 1 aromatic heterocycles. The molecule has 8 heteroatoms. The number of nitro benzene ring substituents is 1. The molecule has 0 fully saturated rings.